The van der Waals surface area contributed by atoms with Gasteiger partial charge in [-0.1, -0.05) is 12.1 Å². The first-order valence-electron chi connectivity index (χ1n) is 8.02. The molecule has 1 heterocycles. The summed E-state index contributed by atoms with van der Waals surface area (Å²) in [5.41, 5.74) is 1.18. The highest BCUT2D eigenvalue weighted by Gasteiger charge is 2.25. The molecule has 0 aliphatic carbocycles. The standard InChI is InChI=1S/C18H27NO3/c1-5-6-16-7-8-17(18(11-16)20-4)21-10-9-19-12-14(2)22-15(3)13-19/h5,7-8,11,14-15H,1,6,9-10,12-13H2,2-4H3/p+1/t14-,15-/m1/s1. The molecule has 0 spiro atoms. The zero-order chi connectivity index (χ0) is 15.9. The van der Waals surface area contributed by atoms with E-state index < -0.39 is 0 Å². The van der Waals surface area contributed by atoms with Gasteiger partial charge < -0.3 is 19.1 Å². The van der Waals surface area contributed by atoms with E-state index in [0.29, 0.717) is 18.8 Å². The summed E-state index contributed by atoms with van der Waals surface area (Å²) in [6.45, 7) is 11.8. The third kappa shape index (κ3) is 4.75. The van der Waals surface area contributed by atoms with Crippen LogP contribution in [0.1, 0.15) is 19.4 Å². The molecule has 0 bridgehead atoms. The van der Waals surface area contributed by atoms with Crippen LogP contribution in [-0.2, 0) is 11.2 Å². The van der Waals surface area contributed by atoms with Crippen LogP contribution in [0.15, 0.2) is 30.9 Å². The van der Waals surface area contributed by atoms with Crippen molar-refractivity contribution in [2.75, 3.05) is 33.4 Å². The molecule has 0 aromatic heterocycles. The molecule has 4 nitrogen and oxygen atoms in total. The number of rotatable bonds is 7. The molecule has 0 radical (unpaired) electrons. The minimum absolute atomic E-state index is 0.325. The summed E-state index contributed by atoms with van der Waals surface area (Å²) < 4.78 is 17.1. The Labute approximate surface area is 133 Å². The second-order valence-electron chi connectivity index (χ2n) is 5.99. The van der Waals surface area contributed by atoms with Crippen molar-refractivity contribution in [3.8, 4) is 11.5 Å². The number of allylic oxidation sites excluding steroid dienone is 1. The van der Waals surface area contributed by atoms with E-state index in [0.717, 1.165) is 37.6 Å². The predicted molar refractivity (Wildman–Crippen MR) is 88.0 cm³/mol. The van der Waals surface area contributed by atoms with E-state index in [-0.39, 0.29) is 0 Å². The average Bonchev–Trinajstić information content (AvgIpc) is 2.48. The van der Waals surface area contributed by atoms with E-state index in [1.165, 1.54) is 10.5 Å². The highest BCUT2D eigenvalue weighted by Crippen LogP contribution is 2.28. The van der Waals surface area contributed by atoms with Gasteiger partial charge in [0.2, 0.25) is 0 Å². The number of methoxy groups -OCH3 is 1. The van der Waals surface area contributed by atoms with Crippen LogP contribution in [-0.4, -0.2) is 45.6 Å². The fourth-order valence-corrected chi connectivity index (χ4v) is 3.02. The lowest BCUT2D eigenvalue weighted by atomic mass is 10.1. The van der Waals surface area contributed by atoms with Crippen molar-refractivity contribution in [2.24, 2.45) is 0 Å². The molecule has 4 heteroatoms. The van der Waals surface area contributed by atoms with Crippen molar-refractivity contribution >= 4 is 0 Å². The van der Waals surface area contributed by atoms with Crippen LogP contribution >= 0.6 is 0 Å². The third-order valence-corrected chi connectivity index (χ3v) is 3.94. The van der Waals surface area contributed by atoms with E-state index in [1.807, 2.05) is 18.2 Å². The molecule has 1 saturated heterocycles. The fraction of sp³-hybridized carbons (Fsp3) is 0.556. The number of hydrogen-bond donors (Lipinski definition) is 1. The Bertz CT molecular complexity index is 479. The first-order valence-corrected chi connectivity index (χ1v) is 8.02. The van der Waals surface area contributed by atoms with E-state index in [2.05, 4.69) is 26.5 Å². The molecule has 0 amide bonds. The van der Waals surface area contributed by atoms with Gasteiger partial charge in [0.05, 0.1) is 7.11 Å². The summed E-state index contributed by atoms with van der Waals surface area (Å²) in [5.74, 6) is 1.60. The lowest BCUT2D eigenvalue weighted by Crippen LogP contribution is -3.16. The fourth-order valence-electron chi connectivity index (χ4n) is 3.02. The van der Waals surface area contributed by atoms with Crippen LogP contribution in [0.2, 0.25) is 0 Å². The number of benzene rings is 1. The van der Waals surface area contributed by atoms with Crippen LogP contribution in [0.3, 0.4) is 0 Å². The van der Waals surface area contributed by atoms with Crippen LogP contribution in [0.5, 0.6) is 11.5 Å². The van der Waals surface area contributed by atoms with Gasteiger partial charge in [-0.3, -0.25) is 0 Å². The first kappa shape index (κ1) is 16.8. The van der Waals surface area contributed by atoms with Gasteiger partial charge in [0, 0.05) is 0 Å². The van der Waals surface area contributed by atoms with Gasteiger partial charge in [0.15, 0.2) is 11.5 Å². The summed E-state index contributed by atoms with van der Waals surface area (Å²) >= 11 is 0. The van der Waals surface area contributed by atoms with E-state index in [1.54, 1.807) is 7.11 Å². The molecule has 0 saturated carbocycles. The zero-order valence-electron chi connectivity index (χ0n) is 13.9. The van der Waals surface area contributed by atoms with Gasteiger partial charge in [0.25, 0.3) is 0 Å². The number of hydrogen-bond acceptors (Lipinski definition) is 3. The van der Waals surface area contributed by atoms with Crippen molar-refractivity contribution in [3.05, 3.63) is 36.4 Å². The van der Waals surface area contributed by atoms with E-state index in [9.17, 15) is 0 Å². The SMILES string of the molecule is C=CCc1ccc(OCC[NH+]2C[C@@H](C)O[C@H](C)C2)c(OC)c1. The lowest BCUT2D eigenvalue weighted by Gasteiger charge is -2.32. The van der Waals surface area contributed by atoms with Crippen molar-refractivity contribution in [1.82, 2.24) is 0 Å². The maximum Gasteiger partial charge on any atom is 0.161 e. The summed E-state index contributed by atoms with van der Waals surface area (Å²) in [4.78, 5) is 1.54. The first-order chi connectivity index (χ1) is 10.6. The molecule has 0 unspecified atom stereocenters. The molecule has 122 valence electrons. The molecule has 2 rings (SSSR count). The smallest absolute Gasteiger partial charge is 0.161 e. The Morgan fingerprint density at radius 3 is 2.64 bits per heavy atom. The van der Waals surface area contributed by atoms with Gasteiger partial charge in [-0.2, -0.15) is 0 Å². The van der Waals surface area contributed by atoms with Gasteiger partial charge in [-0.05, 0) is 38.0 Å². The molecule has 1 aliphatic heterocycles. The second-order valence-corrected chi connectivity index (χ2v) is 5.99. The normalized spacial score (nSPS) is 24.8. The predicted octanol–water partition coefficient (Wildman–Crippen LogP) is 1.49. The minimum atomic E-state index is 0.325. The molecular formula is C18H28NO3+. The van der Waals surface area contributed by atoms with E-state index in [4.69, 9.17) is 14.2 Å². The Morgan fingerprint density at radius 1 is 1.27 bits per heavy atom. The lowest BCUT2D eigenvalue weighted by molar-refractivity contribution is -0.915. The van der Waals surface area contributed by atoms with Gasteiger partial charge in [-0.15, -0.1) is 6.58 Å². The van der Waals surface area contributed by atoms with Crippen molar-refractivity contribution in [2.45, 2.75) is 32.5 Å². The molecular weight excluding hydrogens is 278 g/mol. The van der Waals surface area contributed by atoms with Crippen LogP contribution in [0, 0.1) is 0 Å². The quantitative estimate of drug-likeness (QED) is 0.775. The maximum absolute atomic E-state index is 5.92. The second kappa shape index (κ2) is 8.20. The monoisotopic (exact) mass is 306 g/mol. The Kier molecular flexibility index (Phi) is 6.28. The number of ether oxygens (including phenoxy) is 3. The number of morpholine rings is 1. The summed E-state index contributed by atoms with van der Waals surface area (Å²) in [6, 6.07) is 6.06. The Hall–Kier alpha value is -1.52. The van der Waals surface area contributed by atoms with Crippen molar-refractivity contribution in [1.29, 1.82) is 0 Å². The van der Waals surface area contributed by atoms with Crippen LogP contribution < -0.4 is 14.4 Å². The minimum Gasteiger partial charge on any atom is -0.493 e. The number of nitrogens with one attached hydrogen (secondary N) is 1. The van der Waals surface area contributed by atoms with Crippen molar-refractivity contribution < 1.29 is 19.1 Å². The molecule has 1 fully saturated rings. The van der Waals surface area contributed by atoms with E-state index >= 15 is 0 Å². The topological polar surface area (TPSA) is 32.1 Å². The molecule has 1 aliphatic rings. The zero-order valence-corrected chi connectivity index (χ0v) is 13.9. The average molecular weight is 306 g/mol. The summed E-state index contributed by atoms with van der Waals surface area (Å²) in [5, 5.41) is 0. The third-order valence-electron chi connectivity index (χ3n) is 3.94. The maximum atomic E-state index is 5.92. The van der Waals surface area contributed by atoms with Gasteiger partial charge >= 0.3 is 0 Å². The van der Waals surface area contributed by atoms with Crippen LogP contribution in [0.4, 0.5) is 0 Å². The van der Waals surface area contributed by atoms with Crippen molar-refractivity contribution in [3.63, 3.8) is 0 Å². The highest BCUT2D eigenvalue weighted by molar-refractivity contribution is 5.43. The molecule has 2 atom stereocenters. The van der Waals surface area contributed by atoms with Crippen LogP contribution in [0.25, 0.3) is 0 Å². The Morgan fingerprint density at radius 2 is 2.00 bits per heavy atom. The van der Waals surface area contributed by atoms with Gasteiger partial charge in [0.1, 0.15) is 38.4 Å². The highest BCUT2D eigenvalue weighted by atomic mass is 16.5. The molecule has 22 heavy (non-hydrogen) atoms. The summed E-state index contributed by atoms with van der Waals surface area (Å²) in [7, 11) is 1.68. The van der Waals surface area contributed by atoms with Gasteiger partial charge in [-0.25, -0.2) is 0 Å². The number of quaternary nitrogens is 1. The largest absolute Gasteiger partial charge is 0.493 e. The molecule has 1 aromatic rings. The Balaban J connectivity index is 1.87. The summed E-state index contributed by atoms with van der Waals surface area (Å²) in [6.07, 6.45) is 3.38. The molecule has 1 aromatic carbocycles. The molecule has 1 N–H and O–H groups in total.